The molecule has 2 heterocycles. The molecule has 6 heteroatoms. The van der Waals surface area contributed by atoms with E-state index in [2.05, 4.69) is 32.8 Å². The van der Waals surface area contributed by atoms with E-state index in [1.807, 2.05) is 19.1 Å². The van der Waals surface area contributed by atoms with E-state index in [9.17, 15) is 4.79 Å². The van der Waals surface area contributed by atoms with Crippen LogP contribution in [-0.4, -0.2) is 30.7 Å². The van der Waals surface area contributed by atoms with Crippen LogP contribution < -0.4 is 15.5 Å². The Bertz CT molecular complexity index is 660. The number of aryl methyl sites for hydroxylation is 1. The Morgan fingerprint density at radius 2 is 1.96 bits per heavy atom. The number of anilines is 3. The molecule has 1 aromatic heterocycles. The molecular formula is C18H24N4O2. The Labute approximate surface area is 142 Å². The van der Waals surface area contributed by atoms with Crippen molar-refractivity contribution < 1.29 is 9.32 Å². The molecule has 24 heavy (non-hydrogen) atoms. The lowest BCUT2D eigenvalue weighted by Gasteiger charge is -2.28. The SMILES string of the molecule is Cc1cc(NCCC(=O)Nc2ccc(N3CCCCC3)cc2)no1. The first kappa shape index (κ1) is 16.4. The van der Waals surface area contributed by atoms with Crippen molar-refractivity contribution in [2.75, 3.05) is 35.2 Å². The Balaban J connectivity index is 1.44. The third kappa shape index (κ3) is 4.50. The van der Waals surface area contributed by atoms with Gasteiger partial charge in [0, 0.05) is 43.5 Å². The van der Waals surface area contributed by atoms with Crippen LogP contribution in [0.25, 0.3) is 0 Å². The lowest BCUT2D eigenvalue weighted by atomic mass is 10.1. The number of amides is 1. The molecule has 0 unspecified atom stereocenters. The summed E-state index contributed by atoms with van der Waals surface area (Å²) >= 11 is 0. The third-order valence-electron chi connectivity index (χ3n) is 4.16. The number of aromatic nitrogens is 1. The highest BCUT2D eigenvalue weighted by atomic mass is 16.5. The van der Waals surface area contributed by atoms with Gasteiger partial charge in [-0.05, 0) is 50.5 Å². The molecule has 128 valence electrons. The first-order valence-electron chi connectivity index (χ1n) is 8.53. The summed E-state index contributed by atoms with van der Waals surface area (Å²) in [5.74, 6) is 1.38. The van der Waals surface area contributed by atoms with E-state index >= 15 is 0 Å². The molecule has 0 spiro atoms. The molecule has 0 atom stereocenters. The number of piperidine rings is 1. The average Bonchev–Trinajstić information content (AvgIpc) is 3.02. The Morgan fingerprint density at radius 3 is 2.62 bits per heavy atom. The number of rotatable bonds is 6. The molecule has 2 aromatic rings. The van der Waals surface area contributed by atoms with E-state index < -0.39 is 0 Å². The first-order valence-corrected chi connectivity index (χ1v) is 8.53. The maximum Gasteiger partial charge on any atom is 0.226 e. The molecule has 1 fully saturated rings. The number of nitrogens with one attached hydrogen (secondary N) is 2. The second-order valence-corrected chi connectivity index (χ2v) is 6.14. The lowest BCUT2D eigenvalue weighted by Crippen LogP contribution is -2.29. The molecule has 1 saturated heterocycles. The van der Waals surface area contributed by atoms with E-state index in [0.717, 1.165) is 24.5 Å². The number of hydrogen-bond acceptors (Lipinski definition) is 5. The van der Waals surface area contributed by atoms with Crippen LogP contribution in [0, 0.1) is 6.92 Å². The second kappa shape index (κ2) is 7.86. The summed E-state index contributed by atoms with van der Waals surface area (Å²) in [4.78, 5) is 14.4. The Hall–Kier alpha value is -2.50. The first-order chi connectivity index (χ1) is 11.7. The van der Waals surface area contributed by atoms with Crippen molar-refractivity contribution in [2.24, 2.45) is 0 Å². The van der Waals surface area contributed by atoms with Crippen molar-refractivity contribution in [3.63, 3.8) is 0 Å². The summed E-state index contributed by atoms with van der Waals surface area (Å²) in [5.41, 5.74) is 2.06. The van der Waals surface area contributed by atoms with E-state index in [4.69, 9.17) is 4.52 Å². The zero-order valence-corrected chi connectivity index (χ0v) is 14.0. The summed E-state index contributed by atoms with van der Waals surface area (Å²) < 4.78 is 4.96. The van der Waals surface area contributed by atoms with Crippen molar-refractivity contribution in [1.82, 2.24) is 5.16 Å². The minimum Gasteiger partial charge on any atom is -0.372 e. The minimum absolute atomic E-state index is 0.0200. The van der Waals surface area contributed by atoms with Crippen molar-refractivity contribution in [1.29, 1.82) is 0 Å². The summed E-state index contributed by atoms with van der Waals surface area (Å²) in [7, 11) is 0. The number of benzene rings is 1. The van der Waals surface area contributed by atoms with Gasteiger partial charge < -0.3 is 20.1 Å². The van der Waals surface area contributed by atoms with Crippen molar-refractivity contribution in [2.45, 2.75) is 32.6 Å². The molecule has 0 aliphatic carbocycles. The summed E-state index contributed by atoms with van der Waals surface area (Å²) in [5, 5.41) is 9.81. The van der Waals surface area contributed by atoms with Crippen LogP contribution in [0.4, 0.5) is 17.2 Å². The van der Waals surface area contributed by atoms with Gasteiger partial charge in [-0.3, -0.25) is 4.79 Å². The van der Waals surface area contributed by atoms with Gasteiger partial charge >= 0.3 is 0 Å². The van der Waals surface area contributed by atoms with Crippen LogP contribution in [0.15, 0.2) is 34.9 Å². The maximum absolute atomic E-state index is 12.0. The van der Waals surface area contributed by atoms with Crippen LogP contribution in [0.1, 0.15) is 31.4 Å². The zero-order valence-electron chi connectivity index (χ0n) is 14.0. The van der Waals surface area contributed by atoms with Crippen LogP contribution in [0.5, 0.6) is 0 Å². The highest BCUT2D eigenvalue weighted by Crippen LogP contribution is 2.21. The maximum atomic E-state index is 12.0. The number of carbonyl (C=O) groups is 1. The van der Waals surface area contributed by atoms with E-state index in [0.29, 0.717) is 18.8 Å². The molecule has 0 bridgehead atoms. The van der Waals surface area contributed by atoms with Gasteiger partial charge in [0.1, 0.15) is 5.76 Å². The van der Waals surface area contributed by atoms with Crippen LogP contribution in [0.2, 0.25) is 0 Å². The molecular weight excluding hydrogens is 304 g/mol. The zero-order chi connectivity index (χ0) is 16.8. The molecule has 6 nitrogen and oxygen atoms in total. The molecule has 3 rings (SSSR count). The monoisotopic (exact) mass is 328 g/mol. The van der Waals surface area contributed by atoms with Crippen molar-refractivity contribution in [3.05, 3.63) is 36.1 Å². The molecule has 1 aliphatic heterocycles. The molecule has 0 radical (unpaired) electrons. The average molecular weight is 328 g/mol. The van der Waals surface area contributed by atoms with E-state index in [1.165, 1.54) is 24.9 Å². The van der Waals surface area contributed by atoms with Gasteiger partial charge in [-0.15, -0.1) is 0 Å². The third-order valence-corrected chi connectivity index (χ3v) is 4.16. The molecule has 2 N–H and O–H groups in total. The molecule has 1 amide bonds. The lowest BCUT2D eigenvalue weighted by molar-refractivity contribution is -0.115. The molecule has 1 aliphatic rings. The van der Waals surface area contributed by atoms with Crippen LogP contribution in [0.3, 0.4) is 0 Å². The van der Waals surface area contributed by atoms with Gasteiger partial charge in [-0.25, -0.2) is 0 Å². The van der Waals surface area contributed by atoms with Gasteiger partial charge in [-0.1, -0.05) is 5.16 Å². The van der Waals surface area contributed by atoms with Crippen molar-refractivity contribution >= 4 is 23.1 Å². The fourth-order valence-electron chi connectivity index (χ4n) is 2.88. The molecule has 0 saturated carbocycles. The quantitative estimate of drug-likeness (QED) is 0.850. The predicted octanol–water partition coefficient (Wildman–Crippen LogP) is 3.41. The Morgan fingerprint density at radius 1 is 1.21 bits per heavy atom. The van der Waals surface area contributed by atoms with Crippen molar-refractivity contribution in [3.8, 4) is 0 Å². The van der Waals surface area contributed by atoms with Gasteiger partial charge in [0.2, 0.25) is 5.91 Å². The normalized spacial score (nSPS) is 14.5. The minimum atomic E-state index is -0.0200. The fourth-order valence-corrected chi connectivity index (χ4v) is 2.88. The van der Waals surface area contributed by atoms with E-state index in [1.54, 1.807) is 6.07 Å². The topological polar surface area (TPSA) is 70.4 Å². The molecule has 1 aromatic carbocycles. The largest absolute Gasteiger partial charge is 0.372 e. The number of nitrogens with zero attached hydrogens (tertiary/aromatic N) is 2. The standard InChI is InChI=1S/C18H24N4O2/c1-14-13-17(21-24-14)19-10-9-18(23)20-15-5-7-16(8-6-15)22-11-3-2-4-12-22/h5-8,13H,2-4,9-12H2,1H3,(H,19,21)(H,20,23). The number of hydrogen-bond donors (Lipinski definition) is 2. The van der Waals surface area contributed by atoms with E-state index in [-0.39, 0.29) is 5.91 Å². The predicted molar refractivity (Wildman–Crippen MR) is 95.5 cm³/mol. The van der Waals surface area contributed by atoms with Gasteiger partial charge in [0.05, 0.1) is 0 Å². The fraction of sp³-hybridized carbons (Fsp3) is 0.444. The Kier molecular flexibility index (Phi) is 5.36. The van der Waals surface area contributed by atoms with Gasteiger partial charge in [0.25, 0.3) is 0 Å². The summed E-state index contributed by atoms with van der Waals surface area (Å²) in [6.07, 6.45) is 4.22. The summed E-state index contributed by atoms with van der Waals surface area (Å²) in [6, 6.07) is 9.90. The van der Waals surface area contributed by atoms with Crippen LogP contribution >= 0.6 is 0 Å². The smallest absolute Gasteiger partial charge is 0.226 e. The number of carbonyl (C=O) groups excluding carboxylic acids is 1. The second-order valence-electron chi connectivity index (χ2n) is 6.14. The van der Waals surface area contributed by atoms with Gasteiger partial charge in [-0.2, -0.15) is 0 Å². The highest BCUT2D eigenvalue weighted by Gasteiger charge is 2.11. The highest BCUT2D eigenvalue weighted by molar-refractivity contribution is 5.91. The summed E-state index contributed by atoms with van der Waals surface area (Å²) in [6.45, 7) is 4.60. The van der Waals surface area contributed by atoms with Gasteiger partial charge in [0.15, 0.2) is 5.82 Å². The van der Waals surface area contributed by atoms with Crippen LogP contribution in [-0.2, 0) is 4.79 Å².